The van der Waals surface area contributed by atoms with Crippen molar-refractivity contribution in [2.75, 3.05) is 26.4 Å². The van der Waals surface area contributed by atoms with Crippen LogP contribution in [0.2, 0.25) is 0 Å². The van der Waals surface area contributed by atoms with Crippen LogP contribution in [0.25, 0.3) is 0 Å². The number of carbonyl (C=O) groups is 1. The van der Waals surface area contributed by atoms with Crippen LogP contribution in [0.5, 0.6) is 0 Å². The van der Waals surface area contributed by atoms with Crippen molar-refractivity contribution < 1.29 is 89.4 Å². The Balaban J connectivity index is 1.38. The number of rotatable bonds is 59. The SMILES string of the molecule is CCCCCCCCCCCCC/C=C/CC/C=C/C(O)C(COC1OC(CO)C(OC2OC(CO)C(OC3OC(CO)C(O)C(O)C3O)C(O)C2O)C(O)C1O)NC(=O)CCCCCCCCCCCCCCCCCCCCCCCCCCCCCCCC. The second kappa shape index (κ2) is 55.2. The van der Waals surface area contributed by atoms with Gasteiger partial charge in [0, 0.05) is 6.42 Å². The summed E-state index contributed by atoms with van der Waals surface area (Å²) in [7, 11) is 0. The molecule has 0 aromatic rings. The van der Waals surface area contributed by atoms with E-state index in [0.717, 1.165) is 38.5 Å². The van der Waals surface area contributed by atoms with E-state index < -0.39 is 124 Å². The van der Waals surface area contributed by atoms with Gasteiger partial charge in [-0.3, -0.25) is 4.79 Å². The van der Waals surface area contributed by atoms with Crippen LogP contribution in [0, 0.1) is 0 Å². The highest BCUT2D eigenvalue weighted by Crippen LogP contribution is 2.33. The highest BCUT2D eigenvalue weighted by molar-refractivity contribution is 5.76. The zero-order valence-electron chi connectivity index (χ0n) is 57.5. The fraction of sp³-hybridized carbons (Fsp3) is 0.932. The number of nitrogens with one attached hydrogen (secondary N) is 1. The average molecular weight is 1320 g/mol. The summed E-state index contributed by atoms with van der Waals surface area (Å²) < 4.78 is 34.4. The lowest BCUT2D eigenvalue weighted by molar-refractivity contribution is -0.379. The smallest absolute Gasteiger partial charge is 0.220 e. The van der Waals surface area contributed by atoms with Gasteiger partial charge in [-0.25, -0.2) is 0 Å². The fourth-order valence-corrected chi connectivity index (χ4v) is 12.9. The maximum atomic E-state index is 13.4. The van der Waals surface area contributed by atoms with Gasteiger partial charge in [0.25, 0.3) is 0 Å². The highest BCUT2D eigenvalue weighted by atomic mass is 16.8. The molecule has 0 aliphatic carbocycles. The molecule has 19 nitrogen and oxygen atoms in total. The lowest BCUT2D eigenvalue weighted by atomic mass is 9.96. The molecule has 17 atom stereocenters. The molecule has 0 aromatic heterocycles. The summed E-state index contributed by atoms with van der Waals surface area (Å²) in [5.41, 5.74) is 0. The molecule has 12 N–H and O–H groups in total. The summed E-state index contributed by atoms with van der Waals surface area (Å²) in [6, 6.07) is -0.987. The van der Waals surface area contributed by atoms with Gasteiger partial charge in [-0.2, -0.15) is 0 Å². The maximum absolute atomic E-state index is 13.4. The standard InChI is InChI=1S/C73H137NO18/c1-3-5-7-9-11-13-15-17-19-21-22-23-24-25-26-27-28-29-30-31-32-33-35-37-39-41-43-45-47-49-51-61(79)74-56(57(78)50-48-46-44-42-40-38-36-34-20-18-16-14-12-10-8-6-4-2)55-87-71-67(85)64(82)69(59(53-76)89-71)92-73-68(86)65(83)70(60(54-77)90-73)91-72-66(84)63(81)62(80)58(52-75)88-72/h40,42,48,50,56-60,62-73,75-78,80-86H,3-39,41,43-47,49,51-55H2,1-2H3,(H,74,79)/b42-40+,50-48+. The lowest BCUT2D eigenvalue weighted by Gasteiger charge is -2.48. The van der Waals surface area contributed by atoms with E-state index in [2.05, 4.69) is 31.3 Å². The predicted molar refractivity (Wildman–Crippen MR) is 360 cm³/mol. The van der Waals surface area contributed by atoms with Crippen molar-refractivity contribution >= 4 is 5.91 Å². The predicted octanol–water partition coefficient (Wildman–Crippen LogP) is 11.0. The molecule has 92 heavy (non-hydrogen) atoms. The van der Waals surface area contributed by atoms with Crippen LogP contribution in [0.3, 0.4) is 0 Å². The molecule has 3 heterocycles. The molecule has 3 fully saturated rings. The lowest BCUT2D eigenvalue weighted by Crippen LogP contribution is -2.66. The zero-order chi connectivity index (χ0) is 66.8. The van der Waals surface area contributed by atoms with Crippen LogP contribution in [0.1, 0.15) is 303 Å². The van der Waals surface area contributed by atoms with Crippen molar-refractivity contribution in [1.82, 2.24) is 5.32 Å². The Labute approximate surface area is 556 Å². The Morgan fingerprint density at radius 3 is 1.09 bits per heavy atom. The summed E-state index contributed by atoms with van der Waals surface area (Å²) in [6.07, 6.45) is 37.5. The van der Waals surface area contributed by atoms with Crippen LogP contribution < -0.4 is 5.32 Å². The van der Waals surface area contributed by atoms with E-state index in [0.29, 0.717) is 12.8 Å². The second-order valence-electron chi connectivity index (χ2n) is 27.1. The number of hydrogen-bond donors (Lipinski definition) is 12. The molecule has 3 aliphatic rings. The second-order valence-corrected chi connectivity index (χ2v) is 27.1. The van der Waals surface area contributed by atoms with Gasteiger partial charge in [0.1, 0.15) is 73.2 Å². The van der Waals surface area contributed by atoms with Crippen molar-refractivity contribution in [1.29, 1.82) is 0 Å². The Morgan fingerprint density at radius 1 is 0.380 bits per heavy atom. The van der Waals surface area contributed by atoms with Gasteiger partial charge in [-0.05, 0) is 32.1 Å². The van der Waals surface area contributed by atoms with Gasteiger partial charge in [0.15, 0.2) is 18.9 Å². The van der Waals surface area contributed by atoms with Gasteiger partial charge in [-0.1, -0.05) is 289 Å². The molecule has 0 radical (unpaired) electrons. The molecule has 0 saturated carbocycles. The first-order valence-corrected chi connectivity index (χ1v) is 37.6. The Bertz CT molecular complexity index is 1760. The van der Waals surface area contributed by atoms with Crippen molar-refractivity contribution in [3.8, 4) is 0 Å². The van der Waals surface area contributed by atoms with E-state index in [1.165, 1.54) is 231 Å². The van der Waals surface area contributed by atoms with Gasteiger partial charge >= 0.3 is 0 Å². The molecule has 19 heteroatoms. The minimum atomic E-state index is -1.98. The Kier molecular flexibility index (Phi) is 50.7. The maximum Gasteiger partial charge on any atom is 0.220 e. The van der Waals surface area contributed by atoms with Crippen molar-refractivity contribution in [2.24, 2.45) is 0 Å². The number of hydrogen-bond acceptors (Lipinski definition) is 18. The number of ether oxygens (including phenoxy) is 6. The van der Waals surface area contributed by atoms with E-state index in [-0.39, 0.29) is 18.9 Å². The molecule has 3 rings (SSSR count). The molecule has 0 bridgehead atoms. The molecule has 542 valence electrons. The Morgan fingerprint density at radius 2 is 0.696 bits per heavy atom. The topological polar surface area (TPSA) is 307 Å². The van der Waals surface area contributed by atoms with Gasteiger partial charge in [-0.15, -0.1) is 0 Å². The summed E-state index contributed by atoms with van der Waals surface area (Å²) >= 11 is 0. The van der Waals surface area contributed by atoms with E-state index in [1.807, 2.05) is 6.08 Å². The van der Waals surface area contributed by atoms with E-state index in [4.69, 9.17) is 28.4 Å². The summed E-state index contributed by atoms with van der Waals surface area (Å²) in [5.74, 6) is -0.279. The van der Waals surface area contributed by atoms with Crippen molar-refractivity contribution in [3.63, 3.8) is 0 Å². The summed E-state index contributed by atoms with van der Waals surface area (Å²) in [6.45, 7) is 1.75. The normalized spacial score (nSPS) is 27.8. The number of aliphatic hydroxyl groups excluding tert-OH is 11. The first kappa shape index (κ1) is 84.5. The van der Waals surface area contributed by atoms with Crippen molar-refractivity contribution in [2.45, 2.75) is 407 Å². The quantitative estimate of drug-likeness (QED) is 0.0199. The van der Waals surface area contributed by atoms with Crippen LogP contribution in [-0.2, 0) is 33.2 Å². The third-order valence-corrected chi connectivity index (χ3v) is 19.0. The number of unbranched alkanes of at least 4 members (excludes halogenated alkanes) is 41. The van der Waals surface area contributed by atoms with Gasteiger partial charge in [0.05, 0.1) is 38.6 Å². The number of carbonyl (C=O) groups excluding carboxylic acids is 1. The van der Waals surface area contributed by atoms with Crippen LogP contribution in [0.4, 0.5) is 0 Å². The number of allylic oxidation sites excluding steroid dienone is 3. The molecule has 1 amide bonds. The van der Waals surface area contributed by atoms with E-state index >= 15 is 0 Å². The van der Waals surface area contributed by atoms with E-state index in [9.17, 15) is 61.0 Å². The first-order valence-electron chi connectivity index (χ1n) is 37.6. The molecule has 0 spiro atoms. The molecular formula is C73H137NO18. The van der Waals surface area contributed by atoms with Crippen LogP contribution >= 0.6 is 0 Å². The minimum absolute atomic E-state index is 0.241. The number of aliphatic hydroxyl groups is 11. The molecular weight excluding hydrogens is 1180 g/mol. The van der Waals surface area contributed by atoms with Gasteiger partial charge in [0.2, 0.25) is 5.91 Å². The summed E-state index contributed by atoms with van der Waals surface area (Å²) in [5, 5.41) is 121. The highest BCUT2D eigenvalue weighted by Gasteiger charge is 2.53. The molecule has 17 unspecified atom stereocenters. The molecule has 0 aromatic carbocycles. The minimum Gasteiger partial charge on any atom is -0.394 e. The largest absolute Gasteiger partial charge is 0.394 e. The monoisotopic (exact) mass is 1320 g/mol. The molecule has 3 aliphatic heterocycles. The zero-order valence-corrected chi connectivity index (χ0v) is 57.5. The fourth-order valence-electron chi connectivity index (χ4n) is 12.9. The summed E-state index contributed by atoms with van der Waals surface area (Å²) in [4.78, 5) is 13.4. The Hall–Kier alpha value is -1.73. The van der Waals surface area contributed by atoms with Crippen molar-refractivity contribution in [3.05, 3.63) is 24.3 Å². The third-order valence-electron chi connectivity index (χ3n) is 19.0. The first-order chi connectivity index (χ1) is 44.8. The molecule has 3 saturated heterocycles. The third kappa shape index (κ3) is 36.2. The van der Waals surface area contributed by atoms with Crippen LogP contribution in [0.15, 0.2) is 24.3 Å². The number of amides is 1. The van der Waals surface area contributed by atoms with Crippen LogP contribution in [-0.4, -0.2) is 193 Å². The van der Waals surface area contributed by atoms with E-state index in [1.54, 1.807) is 6.08 Å². The van der Waals surface area contributed by atoms with Gasteiger partial charge < -0.3 is 89.9 Å². The average Bonchev–Trinajstić information content (AvgIpc) is 0.839.